The minimum Gasteiger partial charge on any atom is -0.396 e. The van der Waals surface area contributed by atoms with Gasteiger partial charge in [-0.15, -0.1) is 0 Å². The zero-order chi connectivity index (χ0) is 10.2. The Labute approximate surface area is 96.1 Å². The van der Waals surface area contributed by atoms with Gasteiger partial charge in [-0.05, 0) is 19.4 Å². The number of hydrogen-bond acceptors (Lipinski definition) is 2. The van der Waals surface area contributed by atoms with E-state index < -0.39 is 27.8 Å². The Morgan fingerprint density at radius 1 is 1.15 bits per heavy atom. The molecule has 2 nitrogen and oxygen atoms in total. The molecule has 0 heterocycles. The summed E-state index contributed by atoms with van der Waals surface area (Å²) < 4.78 is 12.6. The van der Waals surface area contributed by atoms with E-state index in [2.05, 4.69) is 20.4 Å². The van der Waals surface area contributed by atoms with Crippen molar-refractivity contribution in [2.45, 2.75) is 37.4 Å². The van der Waals surface area contributed by atoms with Crippen LogP contribution >= 0.6 is 9.07 Å². The van der Waals surface area contributed by atoms with Gasteiger partial charge in [0.25, 0.3) is 0 Å². The molecule has 76 valence electrons. The monoisotopic (exact) mass is 234 g/mol. The first-order valence-electron chi connectivity index (χ1n) is 5.02. The van der Waals surface area contributed by atoms with Crippen molar-refractivity contribution in [3.63, 3.8) is 0 Å². The number of halogens is 1. The smallest absolute Gasteiger partial charge is 0.396 e. The molecule has 0 spiro atoms. The Bertz CT molecular complexity index is 119. The average molecular weight is 235 g/mol. The molecule has 0 N–H and O–H groups in total. The van der Waals surface area contributed by atoms with E-state index in [0.29, 0.717) is 0 Å². The fraction of sp³-hybridized carbons (Fsp3) is 1.00. The first-order valence-corrected chi connectivity index (χ1v) is 10.7. The molecule has 0 aromatic heterocycles. The topological polar surface area (TPSA) is 18.5 Å². The van der Waals surface area contributed by atoms with Gasteiger partial charge < -0.3 is 17.9 Å². The van der Waals surface area contributed by atoms with Crippen LogP contribution in [0, 0.1) is 0 Å². The number of rotatable bonds is 8. The molecule has 13 heavy (non-hydrogen) atoms. The Morgan fingerprint density at radius 2 is 1.62 bits per heavy atom. The lowest BCUT2D eigenvalue weighted by Gasteiger charge is -2.26. The maximum absolute atomic E-state index is 5.86. The summed E-state index contributed by atoms with van der Waals surface area (Å²) in [5.41, 5.74) is 0. The van der Waals surface area contributed by atoms with Gasteiger partial charge in [0.05, 0.1) is 0 Å². The predicted molar refractivity (Wildman–Crippen MR) is 60.5 cm³/mol. The molecule has 0 aromatic rings. The molecular formula is C8H19ClMgO2Si. The van der Waals surface area contributed by atoms with Crippen molar-refractivity contribution in [3.05, 3.63) is 0 Å². The zero-order valence-electron chi connectivity index (χ0n) is 8.94. The second-order valence-electron chi connectivity index (χ2n) is 3.27. The molecule has 0 fully saturated rings. The number of hydrogen-bond donors (Lipinski definition) is 0. The van der Waals surface area contributed by atoms with E-state index in [-0.39, 0.29) is 0 Å². The normalized spacial score (nSPS) is 11.4. The molecule has 0 bridgehead atoms. The predicted octanol–water partition coefficient (Wildman–Crippen LogP) is 2.73. The molecule has 0 aliphatic carbocycles. The van der Waals surface area contributed by atoms with Gasteiger partial charge in [0.1, 0.15) is 0 Å². The van der Waals surface area contributed by atoms with Crippen LogP contribution in [0.3, 0.4) is 0 Å². The van der Waals surface area contributed by atoms with E-state index >= 15 is 0 Å². The quantitative estimate of drug-likeness (QED) is 0.602. The van der Waals surface area contributed by atoms with Crippen LogP contribution in [0.15, 0.2) is 0 Å². The lowest BCUT2D eigenvalue weighted by molar-refractivity contribution is 0.177. The standard InChI is InChI=1S/C8H19O2Si.ClH.Mg/c1-5-7-9-11(3,4)10-8-6-2;;/h3,5-8H2,1-2,4H3;1H;/q;;+1/p-1. The zero-order valence-corrected chi connectivity index (χ0v) is 12.1. The summed E-state index contributed by atoms with van der Waals surface area (Å²) in [6.45, 7) is 8.00. The molecule has 0 saturated carbocycles. The Kier molecular flexibility index (Phi) is 9.28. The fourth-order valence-electron chi connectivity index (χ4n) is 0.994. The van der Waals surface area contributed by atoms with E-state index in [9.17, 15) is 0 Å². The van der Waals surface area contributed by atoms with Crippen LogP contribution < -0.4 is 0 Å². The van der Waals surface area contributed by atoms with Gasteiger partial charge in [-0.2, -0.15) is 0 Å². The average Bonchev–Trinajstić information content (AvgIpc) is 2.12. The molecule has 0 aliphatic heterocycles. The molecule has 0 rings (SSSR count). The van der Waals surface area contributed by atoms with Crippen LogP contribution in [0.4, 0.5) is 0 Å². The lowest BCUT2D eigenvalue weighted by Crippen LogP contribution is -2.40. The van der Waals surface area contributed by atoms with Crippen LogP contribution in [0.5, 0.6) is 0 Å². The maximum Gasteiger partial charge on any atom is 0.502 e. The molecule has 0 radical (unpaired) electrons. The van der Waals surface area contributed by atoms with Gasteiger partial charge in [-0.3, -0.25) is 0 Å². The van der Waals surface area contributed by atoms with Gasteiger partial charge in [0, 0.05) is 13.2 Å². The van der Waals surface area contributed by atoms with Crippen LogP contribution in [0.1, 0.15) is 26.7 Å². The summed E-state index contributed by atoms with van der Waals surface area (Å²) in [6.07, 6.45) is 2.11. The summed E-state index contributed by atoms with van der Waals surface area (Å²) in [7, 11) is 4.00. The molecule has 0 aliphatic rings. The molecule has 0 aromatic carbocycles. The molecule has 0 unspecified atom stereocenters. The molecular weight excluding hydrogens is 216 g/mol. The first kappa shape index (κ1) is 14.2. The van der Waals surface area contributed by atoms with Gasteiger partial charge in [0.2, 0.25) is 0 Å². The maximum atomic E-state index is 5.86. The van der Waals surface area contributed by atoms with Crippen molar-refractivity contribution in [3.8, 4) is 0 Å². The van der Waals surface area contributed by atoms with Crippen molar-refractivity contribution in [2.24, 2.45) is 0 Å². The highest BCUT2D eigenvalue weighted by atomic mass is 35.5. The van der Waals surface area contributed by atoms with Crippen LogP contribution in [-0.4, -0.2) is 41.0 Å². The third kappa shape index (κ3) is 7.16. The summed E-state index contributed by atoms with van der Waals surface area (Å²) in [6, 6.07) is 0. The van der Waals surface area contributed by atoms with Gasteiger partial charge in [-0.1, -0.05) is 18.0 Å². The third-order valence-corrected chi connectivity index (χ3v) is 9.49. The van der Waals surface area contributed by atoms with E-state index in [1.807, 2.05) is 0 Å². The van der Waals surface area contributed by atoms with Crippen LogP contribution in [-0.2, 0) is 8.85 Å². The first-order chi connectivity index (χ1) is 6.18. The molecule has 0 amide bonds. The minimum absolute atomic E-state index is 0.462. The van der Waals surface area contributed by atoms with E-state index in [0.717, 1.165) is 30.2 Å². The van der Waals surface area contributed by atoms with Crippen LogP contribution in [0.25, 0.3) is 0 Å². The van der Waals surface area contributed by atoms with Crippen molar-refractivity contribution in [1.29, 1.82) is 0 Å². The second-order valence-corrected chi connectivity index (χ2v) is 9.63. The Balaban J connectivity index is 3.84. The largest absolute Gasteiger partial charge is 0.502 e. The van der Waals surface area contributed by atoms with Crippen molar-refractivity contribution in [2.75, 3.05) is 13.2 Å². The van der Waals surface area contributed by atoms with E-state index in [1.165, 1.54) is 0 Å². The second kappa shape index (κ2) is 8.50. The molecule has 0 saturated heterocycles. The molecule has 0 atom stereocenters. The van der Waals surface area contributed by atoms with Gasteiger partial charge in [-0.25, -0.2) is 0 Å². The highest BCUT2D eigenvalue weighted by molar-refractivity contribution is 6.99. The Hall–Kier alpha value is 1.19. The van der Waals surface area contributed by atoms with Crippen LogP contribution in [0.2, 0.25) is 10.7 Å². The highest BCUT2D eigenvalue weighted by Crippen LogP contribution is 2.14. The summed E-state index contributed by atoms with van der Waals surface area (Å²) in [4.78, 5) is 0. The highest BCUT2D eigenvalue weighted by Gasteiger charge is 2.30. The van der Waals surface area contributed by atoms with Crippen molar-refractivity contribution in [1.82, 2.24) is 0 Å². The van der Waals surface area contributed by atoms with Crippen molar-refractivity contribution < 1.29 is 8.85 Å². The minimum atomic E-state index is -1.86. The van der Waals surface area contributed by atoms with Gasteiger partial charge in [0.15, 0.2) is 0 Å². The van der Waals surface area contributed by atoms with Crippen molar-refractivity contribution >= 4 is 36.9 Å². The fourth-order valence-corrected chi connectivity index (χ4v) is 7.97. The summed E-state index contributed by atoms with van der Waals surface area (Å²) >= 11 is -0.462. The SMILES string of the molecule is CCCO[Si](C)([CH2][Mg][Cl])OCCC. The summed E-state index contributed by atoms with van der Waals surface area (Å²) in [5, 5.41) is 0. The lowest BCUT2D eigenvalue weighted by atomic mass is 10.5. The Morgan fingerprint density at radius 3 is 1.92 bits per heavy atom. The van der Waals surface area contributed by atoms with Gasteiger partial charge >= 0.3 is 27.8 Å². The third-order valence-electron chi connectivity index (χ3n) is 1.77. The molecule has 5 heteroatoms. The summed E-state index contributed by atoms with van der Waals surface area (Å²) in [5.74, 6) is 0. The van der Waals surface area contributed by atoms with E-state index in [4.69, 9.17) is 17.9 Å². The van der Waals surface area contributed by atoms with E-state index in [1.54, 1.807) is 0 Å².